The van der Waals surface area contributed by atoms with E-state index in [2.05, 4.69) is 15.1 Å². The minimum absolute atomic E-state index is 0.0424. The number of rotatable bonds is 4. The summed E-state index contributed by atoms with van der Waals surface area (Å²) in [5.74, 6) is 1.09. The first-order valence-electron chi connectivity index (χ1n) is 9.87. The first kappa shape index (κ1) is 19.5. The first-order chi connectivity index (χ1) is 13.7. The second kappa shape index (κ2) is 8.66. The Balaban J connectivity index is 1.39. The van der Waals surface area contributed by atoms with E-state index in [9.17, 15) is 4.79 Å². The van der Waals surface area contributed by atoms with Crippen LogP contribution in [0.2, 0.25) is 5.02 Å². The summed E-state index contributed by atoms with van der Waals surface area (Å²) in [5, 5.41) is 11.6. The summed E-state index contributed by atoms with van der Waals surface area (Å²) in [6, 6.07) is 5.14. The number of hydrogen-bond donors (Lipinski definition) is 0. The zero-order valence-corrected chi connectivity index (χ0v) is 17.6. The smallest absolute Gasteiger partial charge is 0.257 e. The van der Waals surface area contributed by atoms with Crippen molar-refractivity contribution >= 4 is 34.0 Å². The van der Waals surface area contributed by atoms with Crippen molar-refractivity contribution in [1.82, 2.24) is 15.1 Å². The number of carbonyl (C=O) groups excluding carboxylic acids is 1. The first-order valence-corrected chi connectivity index (χ1v) is 11.1. The molecule has 0 spiro atoms. The molecule has 0 unspecified atom stereocenters. The molecule has 0 atom stereocenters. The fourth-order valence-electron chi connectivity index (χ4n) is 3.99. The van der Waals surface area contributed by atoms with E-state index in [0.29, 0.717) is 35.3 Å². The maximum atomic E-state index is 12.9. The zero-order valence-electron chi connectivity index (χ0n) is 16.1. The lowest BCUT2D eigenvalue weighted by atomic mass is 9.90. The van der Waals surface area contributed by atoms with Gasteiger partial charge in [0.15, 0.2) is 0 Å². The molecule has 1 aromatic carbocycles. The molecule has 0 radical (unpaired) electrons. The van der Waals surface area contributed by atoms with Gasteiger partial charge < -0.3 is 14.5 Å². The van der Waals surface area contributed by atoms with Gasteiger partial charge in [0, 0.05) is 37.1 Å². The van der Waals surface area contributed by atoms with Crippen LogP contribution in [0.5, 0.6) is 5.75 Å². The fraction of sp³-hybridized carbons (Fsp3) is 0.550. The lowest BCUT2D eigenvalue weighted by Gasteiger charge is -2.34. The highest BCUT2D eigenvalue weighted by Crippen LogP contribution is 2.36. The Morgan fingerprint density at radius 1 is 1.14 bits per heavy atom. The van der Waals surface area contributed by atoms with E-state index < -0.39 is 0 Å². The molecule has 0 bridgehead atoms. The molecular formula is C20H25ClN4O2S. The summed E-state index contributed by atoms with van der Waals surface area (Å²) in [7, 11) is 1.57. The predicted molar refractivity (Wildman–Crippen MR) is 112 cm³/mol. The van der Waals surface area contributed by atoms with Crippen LogP contribution in [0, 0.1) is 0 Å². The number of ether oxygens (including phenoxy) is 1. The average Bonchev–Trinajstić information content (AvgIpc) is 3.24. The van der Waals surface area contributed by atoms with E-state index in [1.165, 1.54) is 37.1 Å². The van der Waals surface area contributed by atoms with E-state index in [-0.39, 0.29) is 5.91 Å². The van der Waals surface area contributed by atoms with Crippen molar-refractivity contribution in [3.05, 3.63) is 33.8 Å². The van der Waals surface area contributed by atoms with Gasteiger partial charge in [0.25, 0.3) is 5.91 Å². The lowest BCUT2D eigenvalue weighted by Crippen LogP contribution is -2.48. The van der Waals surface area contributed by atoms with Gasteiger partial charge in [0.1, 0.15) is 10.8 Å². The third-order valence-electron chi connectivity index (χ3n) is 5.61. The molecule has 28 heavy (non-hydrogen) atoms. The summed E-state index contributed by atoms with van der Waals surface area (Å²) in [5.41, 5.74) is 0.513. The van der Waals surface area contributed by atoms with Gasteiger partial charge in [-0.25, -0.2) is 0 Å². The topological polar surface area (TPSA) is 58.6 Å². The number of piperazine rings is 1. The van der Waals surface area contributed by atoms with Gasteiger partial charge in [-0.05, 0) is 31.0 Å². The molecule has 1 saturated heterocycles. The minimum atomic E-state index is -0.0424. The van der Waals surface area contributed by atoms with E-state index >= 15 is 0 Å². The molecule has 1 aliphatic heterocycles. The summed E-state index contributed by atoms with van der Waals surface area (Å²) in [4.78, 5) is 17.0. The predicted octanol–water partition coefficient (Wildman–Crippen LogP) is 4.21. The van der Waals surface area contributed by atoms with Crippen molar-refractivity contribution in [3.8, 4) is 5.75 Å². The average molecular weight is 421 g/mol. The van der Waals surface area contributed by atoms with Crippen LogP contribution in [0.4, 0.5) is 5.13 Å². The van der Waals surface area contributed by atoms with Crippen LogP contribution in [-0.4, -0.2) is 54.3 Å². The molecule has 1 aliphatic carbocycles. The molecule has 4 rings (SSSR count). The standard InChI is InChI=1S/C20H25ClN4O2S/c1-27-17-8-7-15(21)13-16(17)19(26)24-9-11-25(12-10-24)20-23-22-18(28-20)14-5-3-2-4-6-14/h7-8,13-14H,2-6,9-12H2,1H3. The normalized spacial score (nSPS) is 18.4. The Hall–Kier alpha value is -1.86. The summed E-state index contributed by atoms with van der Waals surface area (Å²) in [6.07, 6.45) is 6.41. The van der Waals surface area contributed by atoms with Gasteiger partial charge in [0.2, 0.25) is 5.13 Å². The van der Waals surface area contributed by atoms with Crippen molar-refractivity contribution in [1.29, 1.82) is 0 Å². The number of benzene rings is 1. The lowest BCUT2D eigenvalue weighted by molar-refractivity contribution is 0.0743. The highest BCUT2D eigenvalue weighted by Gasteiger charge is 2.27. The highest BCUT2D eigenvalue weighted by molar-refractivity contribution is 7.15. The highest BCUT2D eigenvalue weighted by atomic mass is 35.5. The summed E-state index contributed by atoms with van der Waals surface area (Å²) in [6.45, 7) is 2.81. The number of carbonyl (C=O) groups is 1. The number of anilines is 1. The van der Waals surface area contributed by atoms with Gasteiger partial charge in [-0.3, -0.25) is 4.79 Å². The molecule has 8 heteroatoms. The Kier molecular flexibility index (Phi) is 6.01. The molecule has 1 amide bonds. The van der Waals surface area contributed by atoms with Crippen LogP contribution in [0.15, 0.2) is 18.2 Å². The number of aromatic nitrogens is 2. The molecule has 2 aromatic rings. The van der Waals surface area contributed by atoms with E-state index in [4.69, 9.17) is 16.3 Å². The Morgan fingerprint density at radius 3 is 2.61 bits per heavy atom. The van der Waals surface area contributed by atoms with Crippen molar-refractivity contribution < 1.29 is 9.53 Å². The zero-order chi connectivity index (χ0) is 19.5. The van der Waals surface area contributed by atoms with Crippen LogP contribution in [0.25, 0.3) is 0 Å². The van der Waals surface area contributed by atoms with Gasteiger partial charge >= 0.3 is 0 Å². The molecule has 6 nitrogen and oxygen atoms in total. The van der Waals surface area contributed by atoms with Crippen LogP contribution in [0.3, 0.4) is 0 Å². The van der Waals surface area contributed by atoms with Crippen molar-refractivity contribution in [3.63, 3.8) is 0 Å². The SMILES string of the molecule is COc1ccc(Cl)cc1C(=O)N1CCN(c2nnc(C3CCCCC3)s2)CC1. The van der Waals surface area contributed by atoms with Gasteiger partial charge in [-0.2, -0.15) is 0 Å². The third kappa shape index (κ3) is 4.10. The van der Waals surface area contributed by atoms with Crippen LogP contribution >= 0.6 is 22.9 Å². The van der Waals surface area contributed by atoms with Crippen LogP contribution in [0.1, 0.15) is 53.4 Å². The van der Waals surface area contributed by atoms with Crippen molar-refractivity contribution in [2.75, 3.05) is 38.2 Å². The summed E-state index contributed by atoms with van der Waals surface area (Å²) < 4.78 is 5.33. The Labute approximate surface area is 174 Å². The van der Waals surface area contributed by atoms with E-state index in [0.717, 1.165) is 18.2 Å². The molecule has 2 heterocycles. The third-order valence-corrected chi connectivity index (χ3v) is 7.00. The van der Waals surface area contributed by atoms with Crippen molar-refractivity contribution in [2.45, 2.75) is 38.0 Å². The Morgan fingerprint density at radius 2 is 1.89 bits per heavy atom. The number of halogens is 1. The van der Waals surface area contributed by atoms with Crippen molar-refractivity contribution in [2.24, 2.45) is 0 Å². The molecule has 1 aromatic heterocycles. The monoisotopic (exact) mass is 420 g/mol. The van der Waals surface area contributed by atoms with Gasteiger partial charge in [0.05, 0.1) is 12.7 Å². The second-order valence-corrected chi connectivity index (χ2v) is 8.81. The van der Waals surface area contributed by atoms with E-state index in [1.54, 1.807) is 36.6 Å². The maximum absolute atomic E-state index is 12.9. The molecular weight excluding hydrogens is 396 g/mol. The molecule has 2 fully saturated rings. The maximum Gasteiger partial charge on any atom is 0.257 e. The molecule has 0 N–H and O–H groups in total. The molecule has 2 aliphatic rings. The Bertz CT molecular complexity index is 829. The molecule has 150 valence electrons. The van der Waals surface area contributed by atoms with Crippen LogP contribution in [-0.2, 0) is 0 Å². The van der Waals surface area contributed by atoms with E-state index in [1.807, 2.05) is 4.90 Å². The number of hydrogen-bond acceptors (Lipinski definition) is 6. The number of amides is 1. The summed E-state index contributed by atoms with van der Waals surface area (Å²) >= 11 is 7.80. The second-order valence-electron chi connectivity index (χ2n) is 7.38. The minimum Gasteiger partial charge on any atom is -0.496 e. The quantitative estimate of drug-likeness (QED) is 0.741. The van der Waals surface area contributed by atoms with Crippen LogP contribution < -0.4 is 9.64 Å². The largest absolute Gasteiger partial charge is 0.496 e. The number of nitrogens with zero attached hydrogens (tertiary/aromatic N) is 4. The number of methoxy groups -OCH3 is 1. The van der Waals surface area contributed by atoms with Gasteiger partial charge in [-0.15, -0.1) is 10.2 Å². The fourth-order valence-corrected chi connectivity index (χ4v) is 5.22. The molecule has 1 saturated carbocycles. The van der Waals surface area contributed by atoms with Gasteiger partial charge in [-0.1, -0.05) is 42.2 Å².